The Kier molecular flexibility index (Phi) is 7.46. The molecule has 3 nitrogen and oxygen atoms in total. The third-order valence-electron chi connectivity index (χ3n) is 4.81. The lowest BCUT2D eigenvalue weighted by atomic mass is 10.0. The molecule has 29 heavy (non-hydrogen) atoms. The summed E-state index contributed by atoms with van der Waals surface area (Å²) in [6.45, 7) is 4.97. The molecule has 150 valence electrons. The molecule has 3 aromatic carbocycles. The van der Waals surface area contributed by atoms with E-state index in [2.05, 4.69) is 6.92 Å². The summed E-state index contributed by atoms with van der Waals surface area (Å²) in [5, 5.41) is 0. The summed E-state index contributed by atoms with van der Waals surface area (Å²) in [4.78, 5) is 12.3. The van der Waals surface area contributed by atoms with Gasteiger partial charge in [-0.05, 0) is 60.9 Å². The van der Waals surface area contributed by atoms with Crippen LogP contribution in [0.2, 0.25) is 0 Å². The molecule has 0 saturated heterocycles. The molecular weight excluding hydrogens is 360 g/mol. The summed E-state index contributed by atoms with van der Waals surface area (Å²) in [5.41, 5.74) is 3.79. The van der Waals surface area contributed by atoms with Gasteiger partial charge in [0.25, 0.3) is 0 Å². The molecule has 0 fully saturated rings. The topological polar surface area (TPSA) is 35.5 Å². The van der Waals surface area contributed by atoms with E-state index in [0.29, 0.717) is 11.3 Å². The Bertz CT molecular complexity index is 894. The number of esters is 1. The minimum absolute atomic E-state index is 0.354. The van der Waals surface area contributed by atoms with Crippen molar-refractivity contribution in [3.05, 3.63) is 83.9 Å². The average molecular weight is 389 g/mol. The lowest BCUT2D eigenvalue weighted by Crippen LogP contribution is -2.08. The Morgan fingerprint density at radius 3 is 1.93 bits per heavy atom. The number of benzene rings is 3. The highest BCUT2D eigenvalue weighted by Crippen LogP contribution is 2.23. The van der Waals surface area contributed by atoms with E-state index in [1.165, 1.54) is 19.3 Å². The van der Waals surface area contributed by atoms with Crippen LogP contribution in [0.4, 0.5) is 0 Å². The van der Waals surface area contributed by atoms with E-state index in [1.54, 1.807) is 24.3 Å². The highest BCUT2D eigenvalue weighted by molar-refractivity contribution is 5.91. The molecule has 0 N–H and O–H groups in total. The van der Waals surface area contributed by atoms with Crippen LogP contribution in [0.5, 0.6) is 11.5 Å². The van der Waals surface area contributed by atoms with E-state index in [4.69, 9.17) is 9.47 Å². The Labute approximate surface area is 173 Å². The van der Waals surface area contributed by atoms with Crippen molar-refractivity contribution in [3.8, 4) is 22.6 Å². The van der Waals surface area contributed by atoms with Gasteiger partial charge in [0, 0.05) is 0 Å². The zero-order valence-electron chi connectivity index (χ0n) is 17.2. The summed E-state index contributed by atoms with van der Waals surface area (Å²) in [6.07, 6.45) is 4.80. The summed E-state index contributed by atoms with van der Waals surface area (Å²) in [6, 6.07) is 23.0. The highest BCUT2D eigenvalue weighted by atomic mass is 16.5. The first kappa shape index (κ1) is 20.7. The fourth-order valence-electron chi connectivity index (χ4n) is 3.03. The largest absolute Gasteiger partial charge is 0.494 e. The van der Waals surface area contributed by atoms with Crippen molar-refractivity contribution in [3.63, 3.8) is 0 Å². The molecule has 3 rings (SSSR count). The van der Waals surface area contributed by atoms with Gasteiger partial charge in [0.15, 0.2) is 0 Å². The molecule has 0 amide bonds. The van der Waals surface area contributed by atoms with Crippen LogP contribution in [0.15, 0.2) is 72.8 Å². The molecule has 0 aromatic heterocycles. The Balaban J connectivity index is 1.56. The second-order valence-electron chi connectivity index (χ2n) is 7.21. The molecule has 0 aliphatic rings. The molecule has 0 radical (unpaired) electrons. The molecule has 3 heteroatoms. The van der Waals surface area contributed by atoms with Gasteiger partial charge in [-0.25, -0.2) is 4.79 Å². The summed E-state index contributed by atoms with van der Waals surface area (Å²) < 4.78 is 11.2. The molecule has 0 heterocycles. The number of carbonyl (C=O) groups is 1. The standard InChI is InChI=1S/C26H28O3/c1-3-4-5-6-19-28-24-17-13-22(14-18-24)21-9-11-23(12-10-21)26(27)29-25-15-7-20(2)8-16-25/h7-18H,3-6,19H2,1-2H3. The molecule has 0 atom stereocenters. The normalized spacial score (nSPS) is 10.6. The minimum atomic E-state index is -0.354. The molecule has 0 unspecified atom stereocenters. The SMILES string of the molecule is CCCCCCOc1ccc(-c2ccc(C(=O)Oc3ccc(C)cc3)cc2)cc1. The van der Waals surface area contributed by atoms with Gasteiger partial charge in [-0.1, -0.05) is 68.1 Å². The van der Waals surface area contributed by atoms with Crippen LogP contribution in [-0.2, 0) is 0 Å². The van der Waals surface area contributed by atoms with Crippen LogP contribution in [-0.4, -0.2) is 12.6 Å². The Hall–Kier alpha value is -3.07. The number of carbonyl (C=O) groups excluding carboxylic acids is 1. The number of ether oxygens (including phenoxy) is 2. The molecule has 0 bridgehead atoms. The number of hydrogen-bond acceptors (Lipinski definition) is 3. The van der Waals surface area contributed by atoms with Gasteiger partial charge in [-0.15, -0.1) is 0 Å². The lowest BCUT2D eigenvalue weighted by molar-refractivity contribution is 0.0734. The highest BCUT2D eigenvalue weighted by Gasteiger charge is 2.09. The molecule has 0 aliphatic carbocycles. The first-order chi connectivity index (χ1) is 14.2. The van der Waals surface area contributed by atoms with Crippen LogP contribution in [0, 0.1) is 6.92 Å². The molecule has 0 spiro atoms. The summed E-state index contributed by atoms with van der Waals surface area (Å²) in [5.74, 6) is 1.09. The maximum absolute atomic E-state index is 12.3. The zero-order chi connectivity index (χ0) is 20.5. The first-order valence-electron chi connectivity index (χ1n) is 10.3. The number of aryl methyl sites for hydroxylation is 1. The van der Waals surface area contributed by atoms with E-state index < -0.39 is 0 Å². The smallest absolute Gasteiger partial charge is 0.343 e. The van der Waals surface area contributed by atoms with Crippen LogP contribution in [0.25, 0.3) is 11.1 Å². The van der Waals surface area contributed by atoms with E-state index >= 15 is 0 Å². The fraction of sp³-hybridized carbons (Fsp3) is 0.269. The predicted molar refractivity (Wildman–Crippen MR) is 118 cm³/mol. The second kappa shape index (κ2) is 10.5. The van der Waals surface area contributed by atoms with Crippen molar-refractivity contribution in [2.75, 3.05) is 6.61 Å². The van der Waals surface area contributed by atoms with Crippen molar-refractivity contribution in [2.24, 2.45) is 0 Å². The van der Waals surface area contributed by atoms with Gasteiger partial charge in [0.05, 0.1) is 12.2 Å². The van der Waals surface area contributed by atoms with Crippen LogP contribution in [0.1, 0.15) is 48.5 Å². The third-order valence-corrected chi connectivity index (χ3v) is 4.81. The van der Waals surface area contributed by atoms with Crippen molar-refractivity contribution < 1.29 is 14.3 Å². The van der Waals surface area contributed by atoms with Crippen molar-refractivity contribution in [1.29, 1.82) is 0 Å². The quantitative estimate of drug-likeness (QED) is 0.229. The third kappa shape index (κ3) is 6.21. The fourth-order valence-corrected chi connectivity index (χ4v) is 3.03. The minimum Gasteiger partial charge on any atom is -0.494 e. The monoisotopic (exact) mass is 388 g/mol. The maximum Gasteiger partial charge on any atom is 0.343 e. The maximum atomic E-state index is 12.3. The van der Waals surface area contributed by atoms with Gasteiger partial charge in [-0.2, -0.15) is 0 Å². The number of rotatable bonds is 9. The average Bonchev–Trinajstić information content (AvgIpc) is 2.76. The van der Waals surface area contributed by atoms with E-state index in [9.17, 15) is 4.79 Å². The van der Waals surface area contributed by atoms with Crippen molar-refractivity contribution in [2.45, 2.75) is 39.5 Å². The molecule has 0 aliphatic heterocycles. The zero-order valence-corrected chi connectivity index (χ0v) is 17.2. The van der Waals surface area contributed by atoms with Gasteiger partial charge >= 0.3 is 5.97 Å². The van der Waals surface area contributed by atoms with Gasteiger partial charge in [0.1, 0.15) is 11.5 Å². The first-order valence-corrected chi connectivity index (χ1v) is 10.3. The number of hydrogen-bond donors (Lipinski definition) is 0. The van der Waals surface area contributed by atoms with Crippen molar-refractivity contribution in [1.82, 2.24) is 0 Å². The predicted octanol–water partition coefficient (Wildman–Crippen LogP) is 6.84. The number of unbranched alkanes of at least 4 members (excludes halogenated alkanes) is 3. The summed E-state index contributed by atoms with van der Waals surface area (Å²) in [7, 11) is 0. The molecule has 0 saturated carbocycles. The van der Waals surface area contributed by atoms with Gasteiger partial charge in [0.2, 0.25) is 0 Å². The Morgan fingerprint density at radius 2 is 1.31 bits per heavy atom. The van der Waals surface area contributed by atoms with E-state index in [1.807, 2.05) is 55.5 Å². The van der Waals surface area contributed by atoms with Crippen LogP contribution < -0.4 is 9.47 Å². The van der Waals surface area contributed by atoms with Crippen molar-refractivity contribution >= 4 is 5.97 Å². The van der Waals surface area contributed by atoms with Gasteiger partial charge in [-0.3, -0.25) is 0 Å². The van der Waals surface area contributed by atoms with E-state index in [0.717, 1.165) is 35.5 Å². The van der Waals surface area contributed by atoms with E-state index in [-0.39, 0.29) is 5.97 Å². The van der Waals surface area contributed by atoms with Gasteiger partial charge < -0.3 is 9.47 Å². The molecular formula is C26H28O3. The van der Waals surface area contributed by atoms with Crippen LogP contribution in [0.3, 0.4) is 0 Å². The second-order valence-corrected chi connectivity index (χ2v) is 7.21. The lowest BCUT2D eigenvalue weighted by Gasteiger charge is -2.08. The van der Waals surface area contributed by atoms with Crippen LogP contribution >= 0.6 is 0 Å². The molecule has 3 aromatic rings. The Morgan fingerprint density at radius 1 is 0.724 bits per heavy atom. The summed E-state index contributed by atoms with van der Waals surface area (Å²) >= 11 is 0.